The third-order valence-corrected chi connectivity index (χ3v) is 3.12. The second kappa shape index (κ2) is 4.20. The predicted octanol–water partition coefficient (Wildman–Crippen LogP) is 2.55. The lowest BCUT2D eigenvalue weighted by Crippen LogP contribution is -2.07. The lowest BCUT2D eigenvalue weighted by molar-refractivity contribution is -0.138. The molecule has 90 valence electrons. The van der Waals surface area contributed by atoms with Crippen LogP contribution in [-0.2, 0) is 11.3 Å². The van der Waals surface area contributed by atoms with Crippen molar-refractivity contribution in [1.29, 1.82) is 0 Å². The van der Waals surface area contributed by atoms with E-state index in [1.54, 1.807) is 6.92 Å². The Labute approximate surface area is 99.9 Å². The van der Waals surface area contributed by atoms with Gasteiger partial charge in [0, 0.05) is 11.9 Å². The highest BCUT2D eigenvalue weighted by Gasteiger charge is 2.19. The molecule has 4 nitrogen and oxygen atoms in total. The van der Waals surface area contributed by atoms with Crippen molar-refractivity contribution in [3.05, 3.63) is 29.5 Å². The minimum Gasteiger partial charge on any atom is -0.481 e. The van der Waals surface area contributed by atoms with Crippen LogP contribution in [0.2, 0.25) is 0 Å². The Morgan fingerprint density at radius 1 is 1.53 bits per heavy atom. The molecule has 4 heteroatoms. The van der Waals surface area contributed by atoms with E-state index in [9.17, 15) is 4.79 Å². The summed E-state index contributed by atoms with van der Waals surface area (Å²) in [6, 6.07) is 5.75. The fourth-order valence-corrected chi connectivity index (χ4v) is 2.19. The number of rotatable bonds is 3. The Balaban J connectivity index is 2.73. The molecular formula is C13H16N2O2. The van der Waals surface area contributed by atoms with E-state index in [2.05, 4.69) is 5.10 Å². The van der Waals surface area contributed by atoms with Gasteiger partial charge in [-0.05, 0) is 32.4 Å². The van der Waals surface area contributed by atoms with Crippen molar-refractivity contribution < 1.29 is 9.90 Å². The molecule has 0 aliphatic carbocycles. The number of hydrogen-bond acceptors (Lipinski definition) is 2. The lowest BCUT2D eigenvalue weighted by atomic mass is 9.96. The Bertz CT molecular complexity index is 572. The van der Waals surface area contributed by atoms with Crippen molar-refractivity contribution in [3.8, 4) is 0 Å². The van der Waals surface area contributed by atoms with Gasteiger partial charge in [0.05, 0.1) is 17.1 Å². The SMILES string of the molecule is CCn1nc(C)c2c(C(C)C(=O)O)cccc21. The lowest BCUT2D eigenvalue weighted by Gasteiger charge is -2.08. The number of hydrogen-bond donors (Lipinski definition) is 1. The van der Waals surface area contributed by atoms with E-state index >= 15 is 0 Å². The van der Waals surface area contributed by atoms with Gasteiger partial charge in [-0.3, -0.25) is 9.48 Å². The number of aryl methyl sites for hydroxylation is 2. The van der Waals surface area contributed by atoms with Gasteiger partial charge in [0.1, 0.15) is 0 Å². The first-order valence-corrected chi connectivity index (χ1v) is 5.75. The van der Waals surface area contributed by atoms with Gasteiger partial charge >= 0.3 is 5.97 Å². The molecule has 1 aromatic carbocycles. The molecule has 0 saturated heterocycles. The highest BCUT2D eigenvalue weighted by molar-refractivity contribution is 5.90. The molecular weight excluding hydrogens is 216 g/mol. The summed E-state index contributed by atoms with van der Waals surface area (Å²) in [5, 5.41) is 14.5. The second-order valence-electron chi connectivity index (χ2n) is 4.20. The fourth-order valence-electron chi connectivity index (χ4n) is 2.19. The maximum Gasteiger partial charge on any atom is 0.310 e. The largest absolute Gasteiger partial charge is 0.481 e. The van der Waals surface area contributed by atoms with Gasteiger partial charge in [-0.2, -0.15) is 5.10 Å². The van der Waals surface area contributed by atoms with Crippen LogP contribution in [0.1, 0.15) is 31.0 Å². The predicted molar refractivity (Wildman–Crippen MR) is 66.2 cm³/mol. The molecule has 0 radical (unpaired) electrons. The Hall–Kier alpha value is -1.84. The molecule has 2 aromatic rings. The third-order valence-electron chi connectivity index (χ3n) is 3.12. The normalized spacial score (nSPS) is 12.9. The summed E-state index contributed by atoms with van der Waals surface area (Å²) in [5.74, 6) is -1.31. The molecule has 1 aromatic heterocycles. The molecule has 1 heterocycles. The van der Waals surface area contributed by atoms with Crippen molar-refractivity contribution in [1.82, 2.24) is 9.78 Å². The van der Waals surface area contributed by atoms with Crippen LogP contribution in [0.3, 0.4) is 0 Å². The zero-order chi connectivity index (χ0) is 12.6. The molecule has 0 saturated carbocycles. The summed E-state index contributed by atoms with van der Waals surface area (Å²) >= 11 is 0. The number of benzene rings is 1. The molecule has 0 spiro atoms. The van der Waals surface area contributed by atoms with Gasteiger partial charge in [-0.15, -0.1) is 0 Å². The molecule has 1 unspecified atom stereocenters. The van der Waals surface area contributed by atoms with E-state index < -0.39 is 11.9 Å². The number of aliphatic carboxylic acids is 1. The molecule has 2 rings (SSSR count). The Kier molecular flexibility index (Phi) is 2.88. The number of carboxylic acids is 1. The van der Waals surface area contributed by atoms with Gasteiger partial charge in [0.15, 0.2) is 0 Å². The van der Waals surface area contributed by atoms with Crippen LogP contribution in [0.4, 0.5) is 0 Å². The van der Waals surface area contributed by atoms with E-state index in [-0.39, 0.29) is 0 Å². The van der Waals surface area contributed by atoms with Gasteiger partial charge in [-0.1, -0.05) is 12.1 Å². The van der Waals surface area contributed by atoms with Crippen molar-refractivity contribution >= 4 is 16.9 Å². The molecule has 0 amide bonds. The third kappa shape index (κ3) is 1.79. The van der Waals surface area contributed by atoms with E-state index in [4.69, 9.17) is 5.11 Å². The summed E-state index contributed by atoms with van der Waals surface area (Å²) in [6.45, 7) is 6.45. The summed E-state index contributed by atoms with van der Waals surface area (Å²) in [7, 11) is 0. The van der Waals surface area contributed by atoms with Crippen molar-refractivity contribution in [2.75, 3.05) is 0 Å². The smallest absolute Gasteiger partial charge is 0.310 e. The summed E-state index contributed by atoms with van der Waals surface area (Å²) in [4.78, 5) is 11.1. The van der Waals surface area contributed by atoms with Crippen LogP contribution in [0.25, 0.3) is 10.9 Å². The van der Waals surface area contributed by atoms with Crippen LogP contribution in [0.15, 0.2) is 18.2 Å². The first kappa shape index (κ1) is 11.6. The zero-order valence-corrected chi connectivity index (χ0v) is 10.3. The molecule has 0 bridgehead atoms. The number of nitrogens with zero attached hydrogens (tertiary/aromatic N) is 2. The van der Waals surface area contributed by atoms with E-state index in [0.29, 0.717) is 0 Å². The fraction of sp³-hybridized carbons (Fsp3) is 0.385. The quantitative estimate of drug-likeness (QED) is 0.884. The van der Waals surface area contributed by atoms with Crippen LogP contribution in [-0.4, -0.2) is 20.9 Å². The van der Waals surface area contributed by atoms with Crippen LogP contribution >= 0.6 is 0 Å². The standard InChI is InChI=1S/C13H16N2O2/c1-4-15-11-7-5-6-10(8(2)13(16)17)12(11)9(3)14-15/h5-8H,4H2,1-3H3,(H,16,17). The first-order chi connectivity index (χ1) is 8.06. The van der Waals surface area contributed by atoms with E-state index in [0.717, 1.165) is 28.7 Å². The average Bonchev–Trinajstić information content (AvgIpc) is 2.65. The van der Waals surface area contributed by atoms with Crippen LogP contribution < -0.4 is 0 Å². The molecule has 0 aliphatic heterocycles. The highest BCUT2D eigenvalue weighted by Crippen LogP contribution is 2.28. The van der Waals surface area contributed by atoms with E-state index in [1.165, 1.54) is 0 Å². The zero-order valence-electron chi connectivity index (χ0n) is 10.3. The Morgan fingerprint density at radius 3 is 2.82 bits per heavy atom. The molecule has 1 N–H and O–H groups in total. The number of fused-ring (bicyclic) bond motifs is 1. The van der Waals surface area contributed by atoms with Crippen LogP contribution in [0.5, 0.6) is 0 Å². The Morgan fingerprint density at radius 2 is 2.24 bits per heavy atom. The average molecular weight is 232 g/mol. The van der Waals surface area contributed by atoms with Gasteiger partial charge in [0.25, 0.3) is 0 Å². The molecule has 1 atom stereocenters. The second-order valence-corrected chi connectivity index (χ2v) is 4.20. The maximum atomic E-state index is 11.1. The number of aromatic nitrogens is 2. The minimum atomic E-state index is -0.804. The van der Waals surface area contributed by atoms with Gasteiger partial charge in [-0.25, -0.2) is 0 Å². The summed E-state index contributed by atoms with van der Waals surface area (Å²) in [5.41, 5.74) is 2.74. The maximum absolute atomic E-state index is 11.1. The number of carboxylic acid groups (broad SMARTS) is 1. The van der Waals surface area contributed by atoms with Crippen molar-refractivity contribution in [3.63, 3.8) is 0 Å². The minimum absolute atomic E-state index is 0.507. The number of carbonyl (C=O) groups is 1. The highest BCUT2D eigenvalue weighted by atomic mass is 16.4. The molecule has 17 heavy (non-hydrogen) atoms. The van der Waals surface area contributed by atoms with Gasteiger partial charge in [0.2, 0.25) is 0 Å². The monoisotopic (exact) mass is 232 g/mol. The van der Waals surface area contributed by atoms with E-state index in [1.807, 2.05) is 36.7 Å². The molecule has 0 fully saturated rings. The summed E-state index contributed by atoms with van der Waals surface area (Å²) in [6.07, 6.45) is 0. The van der Waals surface area contributed by atoms with Crippen molar-refractivity contribution in [2.45, 2.75) is 33.2 Å². The summed E-state index contributed by atoms with van der Waals surface area (Å²) < 4.78 is 1.91. The molecule has 0 aliphatic rings. The first-order valence-electron chi connectivity index (χ1n) is 5.75. The topological polar surface area (TPSA) is 55.1 Å². The van der Waals surface area contributed by atoms with Crippen molar-refractivity contribution in [2.24, 2.45) is 0 Å². The van der Waals surface area contributed by atoms with Crippen LogP contribution in [0, 0.1) is 6.92 Å². The van der Waals surface area contributed by atoms with Gasteiger partial charge < -0.3 is 5.11 Å².